The molecule has 4 nitrogen and oxygen atoms in total. The number of likely N-dealkylation sites (tertiary alicyclic amines) is 1. The molecular weight excluding hydrogens is 238 g/mol. The lowest BCUT2D eigenvalue weighted by Gasteiger charge is -2.21. The molecule has 1 fully saturated rings. The van der Waals surface area contributed by atoms with Crippen molar-refractivity contribution < 1.29 is 4.79 Å². The van der Waals surface area contributed by atoms with Crippen molar-refractivity contribution in [2.24, 2.45) is 0 Å². The molecule has 19 heavy (non-hydrogen) atoms. The molecule has 4 heteroatoms. The Kier molecular flexibility index (Phi) is 4.80. The smallest absolute Gasteiger partial charge is 0.253 e. The molecule has 0 radical (unpaired) electrons. The van der Waals surface area contributed by atoms with Crippen molar-refractivity contribution in [2.75, 3.05) is 45.6 Å². The Morgan fingerprint density at radius 2 is 1.89 bits per heavy atom. The van der Waals surface area contributed by atoms with Gasteiger partial charge in [0.25, 0.3) is 5.91 Å². The third kappa shape index (κ3) is 3.70. The van der Waals surface area contributed by atoms with E-state index in [1.165, 1.54) is 25.9 Å². The number of likely N-dealkylation sites (N-methyl/N-ethyl adjacent to an activating group) is 1. The maximum absolute atomic E-state index is 12.2. The minimum atomic E-state index is 0.0989. The lowest BCUT2D eigenvalue weighted by molar-refractivity contribution is 0.0782. The average Bonchev–Trinajstić information content (AvgIpc) is 2.97. The summed E-state index contributed by atoms with van der Waals surface area (Å²) < 4.78 is 0. The third-order valence-corrected chi connectivity index (χ3v) is 3.72. The number of carbonyl (C=O) groups excluding carboxylic acids is 1. The highest BCUT2D eigenvalue weighted by atomic mass is 16.2. The van der Waals surface area contributed by atoms with E-state index in [2.05, 4.69) is 10.2 Å². The first-order chi connectivity index (χ1) is 9.20. The minimum absolute atomic E-state index is 0.0989. The van der Waals surface area contributed by atoms with E-state index in [-0.39, 0.29) is 5.91 Å². The van der Waals surface area contributed by atoms with Gasteiger partial charge >= 0.3 is 0 Å². The van der Waals surface area contributed by atoms with Crippen LogP contribution in [0.15, 0.2) is 24.3 Å². The SMILES string of the molecule is CNc1ccc(C(=O)N(C)CCN2CCCC2)cc1. The molecule has 1 aromatic carbocycles. The van der Waals surface area contributed by atoms with E-state index in [0.717, 1.165) is 24.3 Å². The van der Waals surface area contributed by atoms with E-state index in [1.807, 2.05) is 43.3 Å². The summed E-state index contributed by atoms with van der Waals surface area (Å²) in [4.78, 5) is 16.5. The summed E-state index contributed by atoms with van der Waals surface area (Å²) in [6.45, 7) is 4.14. The molecule has 104 valence electrons. The molecule has 1 aliphatic rings. The van der Waals surface area contributed by atoms with Gasteiger partial charge in [-0.15, -0.1) is 0 Å². The summed E-state index contributed by atoms with van der Waals surface area (Å²) in [5.41, 5.74) is 1.78. The van der Waals surface area contributed by atoms with Crippen LogP contribution in [0.4, 0.5) is 5.69 Å². The van der Waals surface area contributed by atoms with E-state index in [0.29, 0.717) is 0 Å². The van der Waals surface area contributed by atoms with Gasteiger partial charge in [-0.3, -0.25) is 4.79 Å². The molecule has 0 spiro atoms. The van der Waals surface area contributed by atoms with Crippen LogP contribution in [0.3, 0.4) is 0 Å². The fourth-order valence-electron chi connectivity index (χ4n) is 2.40. The standard InChI is InChI=1S/C15H23N3O/c1-16-14-7-5-13(6-8-14)15(19)17(2)11-12-18-9-3-4-10-18/h5-8,16H,3-4,9-12H2,1-2H3. The summed E-state index contributed by atoms with van der Waals surface area (Å²) in [6.07, 6.45) is 2.59. The van der Waals surface area contributed by atoms with Crippen LogP contribution in [0, 0.1) is 0 Å². The number of anilines is 1. The summed E-state index contributed by atoms with van der Waals surface area (Å²) in [6, 6.07) is 7.62. The molecule has 1 aliphatic heterocycles. The van der Waals surface area contributed by atoms with Crippen LogP contribution in [0.5, 0.6) is 0 Å². The molecule has 1 N–H and O–H groups in total. The van der Waals surface area contributed by atoms with Gasteiger partial charge in [0.15, 0.2) is 0 Å². The molecule has 2 rings (SSSR count). The van der Waals surface area contributed by atoms with Crippen molar-refractivity contribution >= 4 is 11.6 Å². The maximum atomic E-state index is 12.2. The average molecular weight is 261 g/mol. The molecule has 0 aliphatic carbocycles. The highest BCUT2D eigenvalue weighted by Crippen LogP contribution is 2.11. The van der Waals surface area contributed by atoms with Crippen LogP contribution in [-0.2, 0) is 0 Å². The van der Waals surface area contributed by atoms with E-state index >= 15 is 0 Å². The number of hydrogen-bond acceptors (Lipinski definition) is 3. The molecule has 1 amide bonds. The van der Waals surface area contributed by atoms with Crippen LogP contribution in [0.2, 0.25) is 0 Å². The molecule has 0 unspecified atom stereocenters. The number of benzene rings is 1. The van der Waals surface area contributed by atoms with Crippen molar-refractivity contribution in [3.05, 3.63) is 29.8 Å². The second kappa shape index (κ2) is 6.57. The fraction of sp³-hybridized carbons (Fsp3) is 0.533. The number of nitrogens with zero attached hydrogens (tertiary/aromatic N) is 2. The monoisotopic (exact) mass is 261 g/mol. The van der Waals surface area contributed by atoms with Gasteiger partial charge in [0, 0.05) is 38.4 Å². The summed E-state index contributed by atoms with van der Waals surface area (Å²) in [7, 11) is 3.75. The number of rotatable bonds is 5. The Bertz CT molecular complexity index is 410. The third-order valence-electron chi connectivity index (χ3n) is 3.72. The van der Waals surface area contributed by atoms with Gasteiger partial charge < -0.3 is 15.1 Å². The topological polar surface area (TPSA) is 35.6 Å². The maximum Gasteiger partial charge on any atom is 0.253 e. The zero-order valence-corrected chi connectivity index (χ0v) is 11.9. The van der Waals surface area contributed by atoms with Crippen LogP contribution in [0.1, 0.15) is 23.2 Å². The van der Waals surface area contributed by atoms with Crippen molar-refractivity contribution in [3.63, 3.8) is 0 Å². The summed E-state index contributed by atoms with van der Waals surface area (Å²) >= 11 is 0. The highest BCUT2D eigenvalue weighted by Gasteiger charge is 2.15. The van der Waals surface area contributed by atoms with Crippen molar-refractivity contribution in [2.45, 2.75) is 12.8 Å². The zero-order valence-electron chi connectivity index (χ0n) is 11.9. The lowest BCUT2D eigenvalue weighted by atomic mass is 10.2. The fourth-order valence-corrected chi connectivity index (χ4v) is 2.40. The van der Waals surface area contributed by atoms with E-state index in [4.69, 9.17) is 0 Å². The molecule has 1 aromatic rings. The van der Waals surface area contributed by atoms with Crippen LogP contribution in [0.25, 0.3) is 0 Å². The number of hydrogen-bond donors (Lipinski definition) is 1. The number of nitrogens with one attached hydrogen (secondary N) is 1. The quantitative estimate of drug-likeness (QED) is 0.879. The van der Waals surface area contributed by atoms with Gasteiger partial charge in [-0.1, -0.05) is 0 Å². The van der Waals surface area contributed by atoms with Gasteiger partial charge in [-0.2, -0.15) is 0 Å². The number of amides is 1. The van der Waals surface area contributed by atoms with Gasteiger partial charge in [0.2, 0.25) is 0 Å². The van der Waals surface area contributed by atoms with Gasteiger partial charge in [-0.05, 0) is 50.2 Å². The second-order valence-electron chi connectivity index (χ2n) is 5.10. The summed E-state index contributed by atoms with van der Waals surface area (Å²) in [5.74, 6) is 0.0989. The van der Waals surface area contributed by atoms with Gasteiger partial charge in [0.05, 0.1) is 0 Å². The van der Waals surface area contributed by atoms with Crippen LogP contribution in [-0.4, -0.2) is 56.0 Å². The largest absolute Gasteiger partial charge is 0.388 e. The number of carbonyl (C=O) groups is 1. The van der Waals surface area contributed by atoms with Crippen molar-refractivity contribution in [1.82, 2.24) is 9.80 Å². The molecular formula is C15H23N3O. The van der Waals surface area contributed by atoms with E-state index in [9.17, 15) is 4.79 Å². The Morgan fingerprint density at radius 1 is 1.26 bits per heavy atom. The molecule has 0 bridgehead atoms. The van der Waals surface area contributed by atoms with Crippen molar-refractivity contribution in [3.8, 4) is 0 Å². The molecule has 1 heterocycles. The minimum Gasteiger partial charge on any atom is -0.388 e. The van der Waals surface area contributed by atoms with E-state index < -0.39 is 0 Å². The first-order valence-corrected chi connectivity index (χ1v) is 6.96. The van der Waals surface area contributed by atoms with Crippen LogP contribution >= 0.6 is 0 Å². The molecule has 1 saturated heterocycles. The van der Waals surface area contributed by atoms with E-state index in [1.54, 1.807) is 0 Å². The van der Waals surface area contributed by atoms with Crippen LogP contribution < -0.4 is 5.32 Å². The van der Waals surface area contributed by atoms with Crippen molar-refractivity contribution in [1.29, 1.82) is 0 Å². The molecule has 0 saturated carbocycles. The normalized spacial score (nSPS) is 15.5. The molecule has 0 aromatic heterocycles. The van der Waals surface area contributed by atoms with Gasteiger partial charge in [-0.25, -0.2) is 0 Å². The van der Waals surface area contributed by atoms with Gasteiger partial charge in [0.1, 0.15) is 0 Å². The zero-order chi connectivity index (χ0) is 13.7. The highest BCUT2D eigenvalue weighted by molar-refractivity contribution is 5.94. The Hall–Kier alpha value is -1.55. The Morgan fingerprint density at radius 3 is 2.47 bits per heavy atom. The predicted octanol–water partition coefficient (Wildman–Crippen LogP) is 1.90. The predicted molar refractivity (Wildman–Crippen MR) is 78.6 cm³/mol. The molecule has 0 atom stereocenters. The summed E-state index contributed by atoms with van der Waals surface area (Å²) in [5, 5.41) is 3.05. The lowest BCUT2D eigenvalue weighted by Crippen LogP contribution is -2.35. The Labute approximate surface area is 115 Å². The Balaban J connectivity index is 1.86. The second-order valence-corrected chi connectivity index (χ2v) is 5.10. The first kappa shape index (κ1) is 13.9. The first-order valence-electron chi connectivity index (χ1n) is 6.96.